The molecule has 1 N–H and O–H groups in total. The van der Waals surface area contributed by atoms with Crippen molar-refractivity contribution < 1.29 is 4.79 Å². The summed E-state index contributed by atoms with van der Waals surface area (Å²) in [4.78, 5) is 19.0. The lowest BCUT2D eigenvalue weighted by atomic mass is 10.1. The molecule has 1 aliphatic heterocycles. The van der Waals surface area contributed by atoms with Crippen LogP contribution in [0.5, 0.6) is 0 Å². The standard InChI is InChI=1S/C20H34N4O/c1-6-17(5)21-20(25)24-13-11-23(12-14-24)19-10-9-18(15-16(19)4)22(7-2)8-3/h9-10,15,17H,6-8,11-14H2,1-5H3,(H,21,25). The number of piperazine rings is 1. The van der Waals surface area contributed by atoms with E-state index in [9.17, 15) is 4.79 Å². The molecule has 5 nitrogen and oxygen atoms in total. The van der Waals surface area contributed by atoms with E-state index in [0.717, 1.165) is 45.7 Å². The molecule has 2 rings (SSSR count). The number of nitrogens with zero attached hydrogens (tertiary/aromatic N) is 3. The maximum atomic E-state index is 12.3. The third kappa shape index (κ3) is 4.80. The fourth-order valence-electron chi connectivity index (χ4n) is 3.33. The van der Waals surface area contributed by atoms with E-state index >= 15 is 0 Å². The van der Waals surface area contributed by atoms with Crippen molar-refractivity contribution in [1.82, 2.24) is 10.2 Å². The molecule has 1 aliphatic rings. The molecule has 0 saturated carbocycles. The normalized spacial score (nSPS) is 15.9. The van der Waals surface area contributed by atoms with Crippen LogP contribution in [-0.4, -0.2) is 56.2 Å². The maximum Gasteiger partial charge on any atom is 0.317 e. The number of carbonyl (C=O) groups excluding carboxylic acids is 1. The number of amides is 2. The van der Waals surface area contributed by atoms with E-state index in [2.05, 4.69) is 67.9 Å². The highest BCUT2D eigenvalue weighted by Crippen LogP contribution is 2.26. The average Bonchev–Trinajstić information content (AvgIpc) is 2.63. The first-order valence-corrected chi connectivity index (χ1v) is 9.66. The number of hydrogen-bond acceptors (Lipinski definition) is 3. The van der Waals surface area contributed by atoms with Gasteiger partial charge in [-0.3, -0.25) is 0 Å². The zero-order valence-electron chi connectivity index (χ0n) is 16.5. The molecular weight excluding hydrogens is 312 g/mol. The second-order valence-corrected chi connectivity index (χ2v) is 6.88. The van der Waals surface area contributed by atoms with E-state index < -0.39 is 0 Å². The molecule has 1 heterocycles. The Hall–Kier alpha value is -1.91. The van der Waals surface area contributed by atoms with Crippen LogP contribution in [0.2, 0.25) is 0 Å². The molecule has 25 heavy (non-hydrogen) atoms. The molecule has 0 spiro atoms. The van der Waals surface area contributed by atoms with E-state index in [1.807, 2.05) is 4.90 Å². The van der Waals surface area contributed by atoms with Crippen molar-refractivity contribution in [1.29, 1.82) is 0 Å². The molecule has 1 fully saturated rings. The van der Waals surface area contributed by atoms with Crippen molar-refractivity contribution in [2.75, 3.05) is 49.1 Å². The van der Waals surface area contributed by atoms with Gasteiger partial charge in [0, 0.05) is 56.7 Å². The van der Waals surface area contributed by atoms with Crippen LogP contribution >= 0.6 is 0 Å². The van der Waals surface area contributed by atoms with Crippen LogP contribution < -0.4 is 15.1 Å². The maximum absolute atomic E-state index is 12.3. The summed E-state index contributed by atoms with van der Waals surface area (Å²) in [5.74, 6) is 0. The van der Waals surface area contributed by atoms with Gasteiger partial charge in [-0.15, -0.1) is 0 Å². The van der Waals surface area contributed by atoms with Gasteiger partial charge in [0.1, 0.15) is 0 Å². The molecule has 1 unspecified atom stereocenters. The minimum absolute atomic E-state index is 0.0719. The Morgan fingerprint density at radius 2 is 1.80 bits per heavy atom. The Morgan fingerprint density at radius 3 is 2.32 bits per heavy atom. The molecule has 1 aromatic rings. The van der Waals surface area contributed by atoms with Crippen LogP contribution in [0.3, 0.4) is 0 Å². The monoisotopic (exact) mass is 346 g/mol. The minimum Gasteiger partial charge on any atom is -0.372 e. The predicted octanol–water partition coefficient (Wildman–Crippen LogP) is 3.47. The summed E-state index contributed by atoms with van der Waals surface area (Å²) >= 11 is 0. The highest BCUT2D eigenvalue weighted by molar-refractivity contribution is 5.75. The molecule has 2 amide bonds. The van der Waals surface area contributed by atoms with Crippen molar-refractivity contribution in [2.24, 2.45) is 0 Å². The molecule has 1 atom stereocenters. The van der Waals surface area contributed by atoms with Gasteiger partial charge in [0.25, 0.3) is 0 Å². The number of aryl methyl sites for hydroxylation is 1. The Kier molecular flexibility index (Phi) is 6.97. The number of rotatable bonds is 6. The van der Waals surface area contributed by atoms with E-state index in [0.29, 0.717) is 0 Å². The van der Waals surface area contributed by atoms with Gasteiger partial charge in [-0.25, -0.2) is 4.79 Å². The van der Waals surface area contributed by atoms with E-state index in [1.165, 1.54) is 16.9 Å². The van der Waals surface area contributed by atoms with Crippen molar-refractivity contribution in [3.63, 3.8) is 0 Å². The lowest BCUT2D eigenvalue weighted by Gasteiger charge is -2.37. The first-order valence-electron chi connectivity index (χ1n) is 9.66. The fraction of sp³-hybridized carbons (Fsp3) is 0.650. The van der Waals surface area contributed by atoms with Crippen LogP contribution in [0.15, 0.2) is 18.2 Å². The number of carbonyl (C=O) groups is 1. The van der Waals surface area contributed by atoms with E-state index in [1.54, 1.807) is 0 Å². The van der Waals surface area contributed by atoms with Gasteiger partial charge in [0.05, 0.1) is 0 Å². The van der Waals surface area contributed by atoms with Crippen molar-refractivity contribution in [3.8, 4) is 0 Å². The second kappa shape index (κ2) is 8.97. The summed E-state index contributed by atoms with van der Waals surface area (Å²) in [7, 11) is 0. The molecular formula is C20H34N4O. The molecule has 1 aromatic carbocycles. The summed E-state index contributed by atoms with van der Waals surface area (Å²) in [6.07, 6.45) is 0.962. The summed E-state index contributed by atoms with van der Waals surface area (Å²) in [5.41, 5.74) is 3.89. The van der Waals surface area contributed by atoms with Gasteiger partial charge in [-0.05, 0) is 57.9 Å². The number of hydrogen-bond donors (Lipinski definition) is 1. The highest BCUT2D eigenvalue weighted by Gasteiger charge is 2.22. The first-order chi connectivity index (χ1) is 12.0. The lowest BCUT2D eigenvalue weighted by molar-refractivity contribution is 0.191. The second-order valence-electron chi connectivity index (χ2n) is 6.88. The van der Waals surface area contributed by atoms with Gasteiger partial charge in [0.2, 0.25) is 0 Å². The zero-order chi connectivity index (χ0) is 18.4. The quantitative estimate of drug-likeness (QED) is 0.857. The summed E-state index contributed by atoms with van der Waals surface area (Å²) < 4.78 is 0. The van der Waals surface area contributed by atoms with Gasteiger partial charge >= 0.3 is 6.03 Å². The molecule has 140 valence electrons. The number of benzene rings is 1. The minimum atomic E-state index is 0.0719. The molecule has 5 heteroatoms. The summed E-state index contributed by atoms with van der Waals surface area (Å²) in [5, 5.41) is 3.06. The molecule has 0 radical (unpaired) electrons. The van der Waals surface area contributed by atoms with E-state index in [4.69, 9.17) is 0 Å². The highest BCUT2D eigenvalue weighted by atomic mass is 16.2. The van der Waals surface area contributed by atoms with Crippen LogP contribution in [0.25, 0.3) is 0 Å². The number of urea groups is 1. The Labute approximate surface area is 153 Å². The average molecular weight is 347 g/mol. The van der Waals surface area contributed by atoms with Gasteiger partial charge in [-0.2, -0.15) is 0 Å². The van der Waals surface area contributed by atoms with Gasteiger partial charge in [-0.1, -0.05) is 6.92 Å². The molecule has 1 saturated heterocycles. The van der Waals surface area contributed by atoms with E-state index in [-0.39, 0.29) is 12.1 Å². The third-order valence-electron chi connectivity index (χ3n) is 5.20. The smallest absolute Gasteiger partial charge is 0.317 e. The topological polar surface area (TPSA) is 38.8 Å². The molecule has 0 bridgehead atoms. The van der Waals surface area contributed by atoms with Crippen LogP contribution in [0.4, 0.5) is 16.2 Å². The predicted molar refractivity (Wildman–Crippen MR) is 107 cm³/mol. The molecule has 0 aliphatic carbocycles. The van der Waals surface area contributed by atoms with Crippen molar-refractivity contribution >= 4 is 17.4 Å². The van der Waals surface area contributed by atoms with Gasteiger partial charge in [0.15, 0.2) is 0 Å². The van der Waals surface area contributed by atoms with Crippen LogP contribution in [0, 0.1) is 6.92 Å². The first kappa shape index (κ1) is 19.4. The molecule has 0 aromatic heterocycles. The van der Waals surface area contributed by atoms with Crippen molar-refractivity contribution in [3.05, 3.63) is 23.8 Å². The lowest BCUT2D eigenvalue weighted by Crippen LogP contribution is -2.53. The van der Waals surface area contributed by atoms with Crippen LogP contribution in [-0.2, 0) is 0 Å². The Morgan fingerprint density at radius 1 is 1.16 bits per heavy atom. The fourth-order valence-corrected chi connectivity index (χ4v) is 3.33. The number of anilines is 2. The van der Waals surface area contributed by atoms with Crippen molar-refractivity contribution in [2.45, 2.75) is 47.1 Å². The zero-order valence-corrected chi connectivity index (χ0v) is 16.5. The Balaban J connectivity index is 1.97. The third-order valence-corrected chi connectivity index (χ3v) is 5.20. The van der Waals surface area contributed by atoms with Gasteiger partial charge < -0.3 is 20.0 Å². The largest absolute Gasteiger partial charge is 0.372 e. The summed E-state index contributed by atoms with van der Waals surface area (Å²) in [6.45, 7) is 16.1. The van der Waals surface area contributed by atoms with Crippen LogP contribution in [0.1, 0.15) is 39.7 Å². The number of nitrogens with one attached hydrogen (secondary N) is 1. The Bertz CT molecular complexity index is 563. The SMILES string of the molecule is CCC(C)NC(=O)N1CCN(c2ccc(N(CC)CC)cc2C)CC1. The summed E-state index contributed by atoms with van der Waals surface area (Å²) in [6, 6.07) is 7.04.